The zero-order valence-electron chi connectivity index (χ0n) is 9.36. The summed E-state index contributed by atoms with van der Waals surface area (Å²) < 4.78 is 20.3. The van der Waals surface area contributed by atoms with Crippen molar-refractivity contribution in [3.63, 3.8) is 0 Å². The van der Waals surface area contributed by atoms with Gasteiger partial charge in [0.25, 0.3) is 5.91 Å². The topological polar surface area (TPSA) is 65.2 Å². The Balaban J connectivity index is 2.29. The molecular formula is C12H7Br2FN2O2. The van der Waals surface area contributed by atoms with Gasteiger partial charge in [0.15, 0.2) is 0 Å². The molecule has 4 nitrogen and oxygen atoms in total. The minimum absolute atomic E-state index is 0.185. The van der Waals surface area contributed by atoms with E-state index in [0.29, 0.717) is 4.47 Å². The van der Waals surface area contributed by atoms with Gasteiger partial charge in [-0.3, -0.25) is 4.79 Å². The maximum absolute atomic E-state index is 13.5. The van der Waals surface area contributed by atoms with Crippen LogP contribution in [0.25, 0.3) is 0 Å². The molecule has 0 bridgehead atoms. The molecule has 2 N–H and O–H groups in total. The van der Waals surface area contributed by atoms with Crippen molar-refractivity contribution >= 4 is 37.8 Å². The van der Waals surface area contributed by atoms with Crippen molar-refractivity contribution in [3.05, 3.63) is 50.8 Å². The van der Waals surface area contributed by atoms with E-state index < -0.39 is 11.7 Å². The molecule has 0 spiro atoms. The predicted molar refractivity (Wildman–Crippen MR) is 74.6 cm³/mol. The average molecular weight is 390 g/mol. The second-order valence-electron chi connectivity index (χ2n) is 3.55. The molecule has 2 aromatic rings. The Labute approximate surface area is 125 Å². The molecule has 0 aliphatic heterocycles. The monoisotopic (exact) mass is 388 g/mol. The van der Waals surface area contributed by atoms with Crippen LogP contribution in [0.15, 0.2) is 39.4 Å². The number of amides is 1. The summed E-state index contributed by atoms with van der Waals surface area (Å²) in [6, 6.07) is 5.53. The van der Waals surface area contributed by atoms with Crippen LogP contribution < -0.4 is 10.5 Å². The van der Waals surface area contributed by atoms with Crippen molar-refractivity contribution in [2.45, 2.75) is 0 Å². The lowest BCUT2D eigenvalue weighted by Gasteiger charge is -2.07. The van der Waals surface area contributed by atoms with Gasteiger partial charge in [-0.1, -0.05) is 0 Å². The number of benzene rings is 1. The Hall–Kier alpha value is -1.47. The number of hydrogen-bond acceptors (Lipinski definition) is 3. The van der Waals surface area contributed by atoms with Crippen molar-refractivity contribution in [3.8, 4) is 11.6 Å². The minimum Gasteiger partial charge on any atom is -0.438 e. The molecular weight excluding hydrogens is 383 g/mol. The van der Waals surface area contributed by atoms with E-state index in [1.165, 1.54) is 12.1 Å². The van der Waals surface area contributed by atoms with E-state index in [2.05, 4.69) is 36.8 Å². The number of aromatic nitrogens is 1. The van der Waals surface area contributed by atoms with Crippen LogP contribution in [0.3, 0.4) is 0 Å². The minimum atomic E-state index is -0.827. The summed E-state index contributed by atoms with van der Waals surface area (Å²) >= 11 is 6.53. The zero-order chi connectivity index (χ0) is 14.0. The number of hydrogen-bond donors (Lipinski definition) is 1. The molecule has 0 saturated heterocycles. The van der Waals surface area contributed by atoms with E-state index in [9.17, 15) is 9.18 Å². The third-order valence-electron chi connectivity index (χ3n) is 2.19. The largest absolute Gasteiger partial charge is 0.438 e. The van der Waals surface area contributed by atoms with E-state index in [-0.39, 0.29) is 17.2 Å². The van der Waals surface area contributed by atoms with Crippen LogP contribution in [0.1, 0.15) is 10.4 Å². The fourth-order valence-electron chi connectivity index (χ4n) is 1.35. The molecule has 1 aromatic heterocycles. The van der Waals surface area contributed by atoms with Gasteiger partial charge in [0.05, 0.1) is 10.0 Å². The van der Waals surface area contributed by atoms with Crippen molar-refractivity contribution in [2.75, 3.05) is 0 Å². The number of carbonyl (C=O) groups excluding carboxylic acids is 1. The van der Waals surface area contributed by atoms with Crippen molar-refractivity contribution in [2.24, 2.45) is 5.73 Å². The molecule has 0 saturated carbocycles. The highest BCUT2D eigenvalue weighted by atomic mass is 79.9. The first-order valence-corrected chi connectivity index (χ1v) is 6.64. The summed E-state index contributed by atoms with van der Waals surface area (Å²) in [6.07, 6.45) is 1.55. The Morgan fingerprint density at radius 1 is 1.32 bits per heavy atom. The molecule has 1 amide bonds. The quantitative estimate of drug-likeness (QED) is 0.871. The van der Waals surface area contributed by atoms with Crippen molar-refractivity contribution < 1.29 is 13.9 Å². The molecule has 0 fully saturated rings. The van der Waals surface area contributed by atoms with Gasteiger partial charge in [0.2, 0.25) is 5.88 Å². The molecule has 7 heteroatoms. The maximum Gasteiger partial charge on any atom is 0.251 e. The van der Waals surface area contributed by atoms with Gasteiger partial charge in [-0.2, -0.15) is 0 Å². The van der Waals surface area contributed by atoms with Crippen LogP contribution in [0.5, 0.6) is 11.6 Å². The van der Waals surface area contributed by atoms with Crippen LogP contribution in [0.2, 0.25) is 0 Å². The number of primary amides is 1. The molecule has 1 aromatic carbocycles. The maximum atomic E-state index is 13.5. The van der Waals surface area contributed by atoms with Gasteiger partial charge in [-0.15, -0.1) is 0 Å². The lowest BCUT2D eigenvalue weighted by atomic mass is 10.2. The van der Waals surface area contributed by atoms with Crippen LogP contribution in [-0.2, 0) is 0 Å². The van der Waals surface area contributed by atoms with E-state index in [1.807, 2.05) is 0 Å². The summed E-state index contributed by atoms with van der Waals surface area (Å²) in [7, 11) is 0. The summed E-state index contributed by atoms with van der Waals surface area (Å²) in [6.45, 7) is 0. The van der Waals surface area contributed by atoms with E-state index in [0.717, 1.165) is 10.5 Å². The SMILES string of the molecule is NC(=O)c1ccc(Oc2ncc(Br)cc2Br)cc1F. The van der Waals surface area contributed by atoms with Gasteiger partial charge in [0, 0.05) is 16.7 Å². The molecule has 0 unspecified atom stereocenters. The smallest absolute Gasteiger partial charge is 0.251 e. The van der Waals surface area contributed by atoms with E-state index in [1.54, 1.807) is 12.3 Å². The van der Waals surface area contributed by atoms with E-state index >= 15 is 0 Å². The molecule has 0 atom stereocenters. The van der Waals surface area contributed by atoms with Gasteiger partial charge in [-0.25, -0.2) is 9.37 Å². The Morgan fingerprint density at radius 2 is 2.05 bits per heavy atom. The fraction of sp³-hybridized carbons (Fsp3) is 0. The Kier molecular flexibility index (Phi) is 4.16. The summed E-state index contributed by atoms with van der Waals surface area (Å²) in [5.74, 6) is -1.06. The summed E-state index contributed by atoms with van der Waals surface area (Å²) in [4.78, 5) is 14.9. The highest BCUT2D eigenvalue weighted by Crippen LogP contribution is 2.30. The van der Waals surface area contributed by atoms with Gasteiger partial charge in [0.1, 0.15) is 11.6 Å². The lowest BCUT2D eigenvalue weighted by molar-refractivity contribution is 0.0996. The highest BCUT2D eigenvalue weighted by Gasteiger charge is 2.11. The number of ether oxygens (including phenoxy) is 1. The number of nitrogens with two attached hydrogens (primary N) is 1. The molecule has 0 aliphatic rings. The third-order valence-corrected chi connectivity index (χ3v) is 3.20. The Bertz CT molecular complexity index is 650. The lowest BCUT2D eigenvalue weighted by Crippen LogP contribution is -2.12. The fourth-order valence-corrected chi connectivity index (χ4v) is 2.42. The molecule has 2 rings (SSSR count). The zero-order valence-corrected chi connectivity index (χ0v) is 12.5. The van der Waals surface area contributed by atoms with Crippen molar-refractivity contribution in [1.82, 2.24) is 4.98 Å². The van der Waals surface area contributed by atoms with Crippen LogP contribution in [0.4, 0.5) is 4.39 Å². The first kappa shape index (κ1) is 14.0. The van der Waals surface area contributed by atoms with Crippen LogP contribution >= 0.6 is 31.9 Å². The summed E-state index contributed by atoms with van der Waals surface area (Å²) in [5.41, 5.74) is 4.83. The molecule has 19 heavy (non-hydrogen) atoms. The number of nitrogens with zero attached hydrogens (tertiary/aromatic N) is 1. The number of carbonyl (C=O) groups is 1. The third kappa shape index (κ3) is 3.30. The van der Waals surface area contributed by atoms with E-state index in [4.69, 9.17) is 10.5 Å². The number of rotatable bonds is 3. The van der Waals surface area contributed by atoms with Crippen molar-refractivity contribution in [1.29, 1.82) is 0 Å². The number of pyridine rings is 1. The molecule has 98 valence electrons. The standard InChI is InChI=1S/C12H7Br2FN2O2/c13-6-3-9(14)12(17-5-6)19-7-1-2-8(11(16)18)10(15)4-7/h1-5H,(H2,16,18). The van der Waals surface area contributed by atoms with Crippen LogP contribution in [-0.4, -0.2) is 10.9 Å². The second kappa shape index (κ2) is 5.66. The van der Waals surface area contributed by atoms with Crippen LogP contribution in [0, 0.1) is 5.82 Å². The highest BCUT2D eigenvalue weighted by molar-refractivity contribution is 9.11. The second-order valence-corrected chi connectivity index (χ2v) is 5.32. The van der Waals surface area contributed by atoms with Gasteiger partial charge >= 0.3 is 0 Å². The summed E-state index contributed by atoms with van der Waals surface area (Å²) in [5, 5.41) is 0. The predicted octanol–water partition coefficient (Wildman–Crippen LogP) is 3.64. The normalized spacial score (nSPS) is 10.3. The molecule has 0 radical (unpaired) electrons. The average Bonchev–Trinajstić information content (AvgIpc) is 2.32. The molecule has 1 heterocycles. The first-order valence-electron chi connectivity index (χ1n) is 5.05. The first-order chi connectivity index (χ1) is 8.97. The van der Waals surface area contributed by atoms with Gasteiger partial charge in [-0.05, 0) is 50.1 Å². The molecule has 0 aliphatic carbocycles. The Morgan fingerprint density at radius 3 is 2.63 bits per heavy atom. The number of halogens is 3. The van der Waals surface area contributed by atoms with Gasteiger partial charge < -0.3 is 10.5 Å².